The van der Waals surface area contributed by atoms with Gasteiger partial charge in [0.25, 0.3) is 0 Å². The van der Waals surface area contributed by atoms with Gasteiger partial charge in [-0.1, -0.05) is 60.7 Å². The normalized spacial score (nSPS) is 13.8. The van der Waals surface area contributed by atoms with Crippen LogP contribution in [0.4, 0.5) is 0 Å². The number of hydrogen-bond donors (Lipinski definition) is 0. The molecule has 0 amide bonds. The Morgan fingerprint density at radius 2 is 1.14 bits per heavy atom. The van der Waals surface area contributed by atoms with Crippen LogP contribution in [-0.2, 0) is 0 Å². The summed E-state index contributed by atoms with van der Waals surface area (Å²) in [6, 6.07) is 46.6. The third-order valence-electron chi connectivity index (χ3n) is 10.1. The summed E-state index contributed by atoms with van der Waals surface area (Å²) in [6.07, 6.45) is 7.82. The van der Waals surface area contributed by atoms with Gasteiger partial charge in [-0.05, 0) is 78.4 Å². The molecule has 5 aromatic carbocycles. The summed E-state index contributed by atoms with van der Waals surface area (Å²) in [6.45, 7) is 0. The number of hydrogen-bond acceptors (Lipinski definition) is 4. The number of nitrogens with zero attached hydrogens (tertiary/aromatic N) is 7. The summed E-state index contributed by atoms with van der Waals surface area (Å²) in [5.41, 5.74) is 12.8. The van der Waals surface area contributed by atoms with Gasteiger partial charge < -0.3 is 4.57 Å². The van der Waals surface area contributed by atoms with Gasteiger partial charge in [0.1, 0.15) is 11.6 Å². The molecule has 50 heavy (non-hydrogen) atoms. The van der Waals surface area contributed by atoms with E-state index in [0.717, 1.165) is 89.3 Å². The molecule has 234 valence electrons. The zero-order valence-corrected chi connectivity index (χ0v) is 26.7. The topological polar surface area (TPSA) is 66.3 Å². The zero-order valence-electron chi connectivity index (χ0n) is 26.7. The highest BCUT2D eigenvalue weighted by atomic mass is 15.1. The highest BCUT2D eigenvalue weighted by Gasteiger charge is 2.35. The molecule has 6 heterocycles. The minimum atomic E-state index is -0.229. The van der Waals surface area contributed by atoms with Gasteiger partial charge in [-0.25, -0.2) is 9.97 Å². The van der Waals surface area contributed by atoms with Crippen LogP contribution in [0.2, 0.25) is 0 Å². The van der Waals surface area contributed by atoms with E-state index < -0.39 is 0 Å². The second-order valence-electron chi connectivity index (χ2n) is 12.8. The molecule has 7 heteroatoms. The molecular formula is C43H27N7. The van der Waals surface area contributed by atoms with E-state index in [9.17, 15) is 0 Å². The van der Waals surface area contributed by atoms with E-state index in [-0.39, 0.29) is 5.92 Å². The predicted octanol–water partition coefficient (Wildman–Crippen LogP) is 9.41. The lowest BCUT2D eigenvalue weighted by molar-refractivity contribution is 0.812. The summed E-state index contributed by atoms with van der Waals surface area (Å²) in [5.74, 6) is 1.60. The van der Waals surface area contributed by atoms with Gasteiger partial charge in [0, 0.05) is 58.1 Å². The van der Waals surface area contributed by atoms with Gasteiger partial charge in [0.05, 0.1) is 44.7 Å². The summed E-state index contributed by atoms with van der Waals surface area (Å²) in [4.78, 5) is 20.0. The fourth-order valence-electron chi connectivity index (χ4n) is 8.01. The molecule has 0 saturated carbocycles. The van der Waals surface area contributed by atoms with Crippen LogP contribution >= 0.6 is 0 Å². The van der Waals surface area contributed by atoms with Gasteiger partial charge in [0.2, 0.25) is 0 Å². The Bertz CT molecular complexity index is 2930. The second-order valence-corrected chi connectivity index (χ2v) is 12.8. The van der Waals surface area contributed by atoms with E-state index in [0.29, 0.717) is 0 Å². The Morgan fingerprint density at radius 3 is 1.92 bits per heavy atom. The lowest BCUT2D eigenvalue weighted by Crippen LogP contribution is -2.19. The molecule has 0 aliphatic carbocycles. The molecule has 1 aliphatic rings. The highest BCUT2D eigenvalue weighted by Crippen LogP contribution is 2.48. The zero-order chi connectivity index (χ0) is 32.8. The Kier molecular flexibility index (Phi) is 5.60. The molecule has 7 nitrogen and oxygen atoms in total. The first kappa shape index (κ1) is 27.1. The molecule has 1 atom stereocenters. The maximum absolute atomic E-state index is 5.42. The van der Waals surface area contributed by atoms with E-state index in [4.69, 9.17) is 15.0 Å². The quantitative estimate of drug-likeness (QED) is 0.192. The van der Waals surface area contributed by atoms with Gasteiger partial charge >= 0.3 is 0 Å². The summed E-state index contributed by atoms with van der Waals surface area (Å²) in [7, 11) is 0. The van der Waals surface area contributed by atoms with Crippen LogP contribution in [0.1, 0.15) is 22.9 Å². The molecule has 0 bridgehead atoms. The van der Waals surface area contributed by atoms with Crippen molar-refractivity contribution in [3.8, 4) is 28.5 Å². The Balaban J connectivity index is 1.26. The molecule has 1 aliphatic heterocycles. The number of pyridine rings is 2. The maximum atomic E-state index is 5.42. The van der Waals surface area contributed by atoms with Crippen LogP contribution in [-0.4, -0.2) is 33.6 Å². The maximum Gasteiger partial charge on any atom is 0.145 e. The summed E-state index contributed by atoms with van der Waals surface area (Å²) >= 11 is 0. The summed E-state index contributed by atoms with van der Waals surface area (Å²) in [5, 5.41) is 2.16. The molecule has 0 spiro atoms. The largest absolute Gasteiger partial charge is 0.308 e. The van der Waals surface area contributed by atoms with E-state index >= 15 is 0 Å². The van der Waals surface area contributed by atoms with Crippen molar-refractivity contribution in [2.45, 2.75) is 5.92 Å². The van der Waals surface area contributed by atoms with Gasteiger partial charge in [-0.3, -0.25) is 19.1 Å². The van der Waals surface area contributed by atoms with Crippen molar-refractivity contribution in [1.29, 1.82) is 0 Å². The van der Waals surface area contributed by atoms with E-state index in [1.807, 2.05) is 36.9 Å². The molecule has 0 saturated heterocycles. The average Bonchev–Trinajstić information content (AvgIpc) is 3.86. The molecule has 10 aromatic rings. The molecular weight excluding hydrogens is 615 g/mol. The number of fused-ring (bicyclic) bond motifs is 7. The Labute approximate surface area is 286 Å². The molecule has 0 fully saturated rings. The van der Waals surface area contributed by atoms with Crippen molar-refractivity contribution in [3.05, 3.63) is 175 Å². The van der Waals surface area contributed by atoms with Gasteiger partial charge in [-0.15, -0.1) is 0 Å². The molecule has 0 N–H and O–H groups in total. The first-order chi connectivity index (χ1) is 24.8. The SMILES string of the molecule is c1ccc(-n2c(-c3ccc4c(c3)C(c3nc5ccccc5n3-c3ccccc3)c3cncc5c6cnccc6n-4c35)nc3ccccc32)cc1. The van der Waals surface area contributed by atoms with Crippen molar-refractivity contribution in [2.24, 2.45) is 0 Å². The van der Waals surface area contributed by atoms with Crippen LogP contribution < -0.4 is 0 Å². The lowest BCUT2D eigenvalue weighted by atomic mass is 9.85. The average molecular weight is 642 g/mol. The molecule has 11 rings (SSSR count). The number of benzene rings is 5. The minimum absolute atomic E-state index is 0.229. The standard InChI is InChI=1S/C43H27N7/c1-3-11-28(12-4-1)48-38-17-9-7-15-34(38)46-42(48)27-19-20-36-30(23-27)40(33-26-45-25-32-31-24-44-22-21-37(31)50(36)41(32)33)43-47-35-16-8-10-18-39(35)49(43)29-13-5-2-6-14-29/h1-26,40H. The molecule has 1 unspecified atom stereocenters. The van der Waals surface area contributed by atoms with Crippen molar-refractivity contribution in [2.75, 3.05) is 0 Å². The van der Waals surface area contributed by atoms with Crippen molar-refractivity contribution < 1.29 is 0 Å². The second kappa shape index (κ2) is 10.3. The Morgan fingerprint density at radius 1 is 0.480 bits per heavy atom. The van der Waals surface area contributed by atoms with Gasteiger partial charge in [0.15, 0.2) is 0 Å². The fraction of sp³-hybridized carbons (Fsp3) is 0.0233. The van der Waals surface area contributed by atoms with Crippen molar-refractivity contribution in [3.63, 3.8) is 0 Å². The molecule has 5 aromatic heterocycles. The van der Waals surface area contributed by atoms with Crippen LogP contribution in [0, 0.1) is 0 Å². The number of aromatic nitrogens is 7. The number of imidazole rings is 2. The van der Waals surface area contributed by atoms with Crippen LogP contribution in [0.15, 0.2) is 158 Å². The van der Waals surface area contributed by atoms with Crippen LogP contribution in [0.5, 0.6) is 0 Å². The predicted molar refractivity (Wildman–Crippen MR) is 198 cm³/mol. The monoisotopic (exact) mass is 641 g/mol. The fourth-order valence-corrected chi connectivity index (χ4v) is 8.01. The Hall–Kier alpha value is -6.86. The number of para-hydroxylation sites is 6. The number of rotatable bonds is 4. The smallest absolute Gasteiger partial charge is 0.145 e. The summed E-state index contributed by atoms with van der Waals surface area (Å²) < 4.78 is 6.96. The first-order valence-corrected chi connectivity index (χ1v) is 16.8. The van der Waals surface area contributed by atoms with Crippen molar-refractivity contribution in [1.82, 2.24) is 33.6 Å². The minimum Gasteiger partial charge on any atom is -0.308 e. The van der Waals surface area contributed by atoms with Crippen LogP contribution in [0.25, 0.3) is 72.3 Å². The van der Waals surface area contributed by atoms with E-state index in [2.05, 4.69) is 140 Å². The first-order valence-electron chi connectivity index (χ1n) is 16.8. The van der Waals surface area contributed by atoms with Crippen LogP contribution in [0.3, 0.4) is 0 Å². The third-order valence-corrected chi connectivity index (χ3v) is 10.1. The van der Waals surface area contributed by atoms with Gasteiger partial charge in [-0.2, -0.15) is 0 Å². The molecule has 0 radical (unpaired) electrons. The lowest BCUT2D eigenvalue weighted by Gasteiger charge is -2.29. The van der Waals surface area contributed by atoms with E-state index in [1.54, 1.807) is 0 Å². The van der Waals surface area contributed by atoms with E-state index in [1.165, 1.54) is 0 Å². The third kappa shape index (κ3) is 3.74. The van der Waals surface area contributed by atoms with Crippen molar-refractivity contribution >= 4 is 43.9 Å². The highest BCUT2D eigenvalue weighted by molar-refractivity contribution is 6.10.